The molecular formula is C43H31N3O. The summed E-state index contributed by atoms with van der Waals surface area (Å²) >= 11 is 0. The molecule has 0 bridgehead atoms. The first-order chi connectivity index (χ1) is 23.3. The van der Waals surface area contributed by atoms with Crippen molar-refractivity contribution in [2.24, 2.45) is 5.92 Å². The average Bonchev–Trinajstić information content (AvgIpc) is 3.53. The van der Waals surface area contributed by atoms with Crippen LogP contribution in [0.25, 0.3) is 72.2 Å². The molecule has 0 spiro atoms. The Kier molecular flexibility index (Phi) is 6.71. The van der Waals surface area contributed by atoms with E-state index in [2.05, 4.69) is 115 Å². The average molecular weight is 606 g/mol. The van der Waals surface area contributed by atoms with Crippen LogP contribution in [0.3, 0.4) is 0 Å². The topological polar surface area (TPSA) is 51.8 Å². The van der Waals surface area contributed by atoms with Crippen LogP contribution in [0.5, 0.6) is 0 Å². The lowest BCUT2D eigenvalue weighted by Crippen LogP contribution is -2.07. The van der Waals surface area contributed by atoms with Gasteiger partial charge in [-0.05, 0) is 65.4 Å². The second kappa shape index (κ2) is 11.5. The molecule has 0 fully saturated rings. The second-order valence-electron chi connectivity index (χ2n) is 12.3. The van der Waals surface area contributed by atoms with Gasteiger partial charge in [-0.25, -0.2) is 15.0 Å². The van der Waals surface area contributed by atoms with E-state index in [1.165, 1.54) is 21.9 Å². The van der Waals surface area contributed by atoms with Crippen molar-refractivity contribution >= 4 is 38.3 Å². The Labute approximate surface area is 273 Å². The van der Waals surface area contributed by atoms with Gasteiger partial charge in [0.15, 0.2) is 17.5 Å². The van der Waals surface area contributed by atoms with Gasteiger partial charge in [0.1, 0.15) is 11.2 Å². The summed E-state index contributed by atoms with van der Waals surface area (Å²) in [5, 5.41) is 4.56. The number of furan rings is 1. The summed E-state index contributed by atoms with van der Waals surface area (Å²) in [6, 6.07) is 37.8. The third-order valence-corrected chi connectivity index (χ3v) is 9.38. The summed E-state index contributed by atoms with van der Waals surface area (Å²) < 4.78 is 6.41. The van der Waals surface area contributed by atoms with E-state index in [1.54, 1.807) is 0 Å². The number of allylic oxidation sites excluding steroid dienone is 8. The highest BCUT2D eigenvalue weighted by Gasteiger charge is 2.20. The van der Waals surface area contributed by atoms with E-state index in [9.17, 15) is 0 Å². The van der Waals surface area contributed by atoms with Crippen molar-refractivity contribution in [3.05, 3.63) is 157 Å². The summed E-state index contributed by atoms with van der Waals surface area (Å²) in [5.74, 6) is 2.42. The zero-order valence-electron chi connectivity index (χ0n) is 25.8. The Bertz CT molecular complexity index is 2440. The van der Waals surface area contributed by atoms with Crippen LogP contribution in [-0.4, -0.2) is 15.0 Å². The van der Waals surface area contributed by atoms with Gasteiger partial charge in [-0.3, -0.25) is 0 Å². The van der Waals surface area contributed by atoms with E-state index in [0.29, 0.717) is 23.4 Å². The molecule has 1 atom stereocenters. The summed E-state index contributed by atoms with van der Waals surface area (Å²) in [7, 11) is 0. The Morgan fingerprint density at radius 2 is 1.43 bits per heavy atom. The summed E-state index contributed by atoms with van der Waals surface area (Å²) in [4.78, 5) is 15.1. The molecule has 1 unspecified atom stereocenters. The molecule has 0 N–H and O–H groups in total. The summed E-state index contributed by atoms with van der Waals surface area (Å²) in [6.07, 6.45) is 16.6. The zero-order chi connectivity index (χ0) is 31.2. The van der Waals surface area contributed by atoms with Crippen LogP contribution in [0, 0.1) is 5.92 Å². The molecule has 9 rings (SSSR count). The fourth-order valence-electron chi connectivity index (χ4n) is 6.99. The van der Waals surface area contributed by atoms with Crippen molar-refractivity contribution in [2.45, 2.75) is 19.3 Å². The molecular weight excluding hydrogens is 574 g/mol. The molecule has 0 amide bonds. The van der Waals surface area contributed by atoms with Crippen molar-refractivity contribution in [1.82, 2.24) is 15.0 Å². The smallest absolute Gasteiger partial charge is 0.164 e. The Balaban J connectivity index is 1.18. The van der Waals surface area contributed by atoms with Crippen LogP contribution in [0.4, 0.5) is 0 Å². The molecule has 2 heterocycles. The normalized spacial score (nSPS) is 16.1. The predicted octanol–water partition coefficient (Wildman–Crippen LogP) is 11.2. The van der Waals surface area contributed by atoms with Crippen LogP contribution >= 0.6 is 0 Å². The van der Waals surface area contributed by atoms with Crippen LogP contribution < -0.4 is 0 Å². The predicted molar refractivity (Wildman–Crippen MR) is 193 cm³/mol. The first-order valence-electron chi connectivity index (χ1n) is 16.3. The largest absolute Gasteiger partial charge is 0.456 e. The maximum absolute atomic E-state index is 6.41. The molecule has 2 aliphatic carbocycles. The van der Waals surface area contributed by atoms with Crippen molar-refractivity contribution in [3.8, 4) is 33.9 Å². The molecule has 2 aliphatic rings. The lowest BCUT2D eigenvalue weighted by atomic mass is 9.86. The van der Waals surface area contributed by atoms with Gasteiger partial charge < -0.3 is 4.42 Å². The molecule has 0 saturated carbocycles. The Hall–Kier alpha value is -5.87. The van der Waals surface area contributed by atoms with Crippen LogP contribution in [0.15, 0.2) is 156 Å². The number of fused-ring (bicyclic) bond motifs is 4. The lowest BCUT2D eigenvalue weighted by molar-refractivity contribution is 0.669. The van der Waals surface area contributed by atoms with Crippen LogP contribution in [-0.2, 0) is 0 Å². The third-order valence-electron chi connectivity index (χ3n) is 9.38. The number of rotatable bonds is 5. The van der Waals surface area contributed by atoms with Crippen molar-refractivity contribution in [1.29, 1.82) is 0 Å². The van der Waals surface area contributed by atoms with Gasteiger partial charge in [0.2, 0.25) is 0 Å². The van der Waals surface area contributed by atoms with Gasteiger partial charge in [-0.15, -0.1) is 0 Å². The second-order valence-corrected chi connectivity index (χ2v) is 12.3. The Morgan fingerprint density at radius 3 is 2.28 bits per heavy atom. The fraction of sp³-hybridized carbons (Fsp3) is 0.0930. The molecule has 5 aromatic carbocycles. The molecule has 224 valence electrons. The van der Waals surface area contributed by atoms with Gasteiger partial charge in [-0.1, -0.05) is 127 Å². The monoisotopic (exact) mass is 605 g/mol. The molecule has 2 aromatic heterocycles. The van der Waals surface area contributed by atoms with E-state index in [1.807, 2.05) is 30.3 Å². The lowest BCUT2D eigenvalue weighted by Gasteiger charge is -2.20. The SMILES string of the molecule is C1=CCCC(C2C=CC(c3nc(-c4ccccc4)nc(-c4ccc5oc6cccc(-c7cccc8ccccc78)c6c5c4)n3)=CC2)=C1. The van der Waals surface area contributed by atoms with Gasteiger partial charge in [0.05, 0.1) is 0 Å². The van der Waals surface area contributed by atoms with Crippen LogP contribution in [0.1, 0.15) is 25.1 Å². The van der Waals surface area contributed by atoms with Crippen molar-refractivity contribution in [2.75, 3.05) is 0 Å². The van der Waals surface area contributed by atoms with Gasteiger partial charge in [0.25, 0.3) is 0 Å². The first-order valence-corrected chi connectivity index (χ1v) is 16.3. The number of nitrogens with zero attached hydrogens (tertiary/aromatic N) is 3. The highest BCUT2D eigenvalue weighted by molar-refractivity contribution is 6.15. The van der Waals surface area contributed by atoms with Crippen molar-refractivity contribution < 1.29 is 4.42 Å². The zero-order valence-corrected chi connectivity index (χ0v) is 25.8. The van der Waals surface area contributed by atoms with E-state index in [0.717, 1.165) is 63.5 Å². The van der Waals surface area contributed by atoms with E-state index < -0.39 is 0 Å². The van der Waals surface area contributed by atoms with Crippen LogP contribution in [0.2, 0.25) is 0 Å². The minimum absolute atomic E-state index is 0.423. The molecule has 0 radical (unpaired) electrons. The Morgan fingerprint density at radius 1 is 0.638 bits per heavy atom. The molecule has 0 saturated heterocycles. The fourth-order valence-corrected chi connectivity index (χ4v) is 6.99. The van der Waals surface area contributed by atoms with E-state index >= 15 is 0 Å². The highest BCUT2D eigenvalue weighted by Crippen LogP contribution is 2.40. The maximum Gasteiger partial charge on any atom is 0.164 e. The number of hydrogen-bond donors (Lipinski definition) is 0. The minimum Gasteiger partial charge on any atom is -0.456 e. The summed E-state index contributed by atoms with van der Waals surface area (Å²) in [5.41, 5.74) is 8.43. The van der Waals surface area contributed by atoms with Gasteiger partial charge in [-0.2, -0.15) is 0 Å². The summed E-state index contributed by atoms with van der Waals surface area (Å²) in [6.45, 7) is 0. The van der Waals surface area contributed by atoms with Gasteiger partial charge in [0, 0.05) is 33.4 Å². The third kappa shape index (κ3) is 4.99. The highest BCUT2D eigenvalue weighted by atomic mass is 16.3. The number of hydrogen-bond acceptors (Lipinski definition) is 4. The first kappa shape index (κ1) is 27.4. The number of benzene rings is 5. The molecule has 4 nitrogen and oxygen atoms in total. The molecule has 0 aliphatic heterocycles. The van der Waals surface area contributed by atoms with Crippen molar-refractivity contribution in [3.63, 3.8) is 0 Å². The molecule has 4 heteroatoms. The quantitative estimate of drug-likeness (QED) is 0.196. The van der Waals surface area contributed by atoms with E-state index in [-0.39, 0.29) is 0 Å². The van der Waals surface area contributed by atoms with Gasteiger partial charge >= 0.3 is 0 Å². The molecule has 47 heavy (non-hydrogen) atoms. The minimum atomic E-state index is 0.423. The standard InChI is InChI=1S/C43H31N3O/c1-3-11-28(12-4-1)29-21-23-32(24-22-29)42-44-41(31-14-5-2-6-15-31)45-43(46-42)33-25-26-38-37(27-33)40-36(19-10-20-39(40)47-38)35-18-9-16-30-13-7-8-17-34(30)35/h1-3,5-11,13-21,23-27,29H,4,12,22H2. The maximum atomic E-state index is 6.41. The molecule has 7 aromatic rings. The number of aromatic nitrogens is 3. The van der Waals surface area contributed by atoms with E-state index in [4.69, 9.17) is 19.4 Å².